The summed E-state index contributed by atoms with van der Waals surface area (Å²) in [6.07, 6.45) is 3.14. The average Bonchev–Trinajstić information content (AvgIpc) is 3.24. The molecule has 2 atom stereocenters. The molecule has 1 fully saturated rings. The quantitative estimate of drug-likeness (QED) is 0.313. The van der Waals surface area contributed by atoms with Crippen LogP contribution >= 0.6 is 11.3 Å². The van der Waals surface area contributed by atoms with Crippen LogP contribution in [0.15, 0.2) is 83.4 Å². The number of nitrogens with zero attached hydrogens (tertiary/aromatic N) is 2. The van der Waals surface area contributed by atoms with Crippen LogP contribution in [-0.2, 0) is 0 Å². The molecule has 6 heteroatoms. The Morgan fingerprint density at radius 3 is 2.67 bits per heavy atom. The van der Waals surface area contributed by atoms with Crippen molar-refractivity contribution < 1.29 is 9.21 Å². The number of furan rings is 1. The van der Waals surface area contributed by atoms with Gasteiger partial charge in [0, 0.05) is 34.6 Å². The number of fused-ring (bicyclic) bond motifs is 1. The van der Waals surface area contributed by atoms with Crippen LogP contribution in [0.25, 0.3) is 32.1 Å². The second-order valence-electron chi connectivity index (χ2n) is 8.48. The van der Waals surface area contributed by atoms with E-state index in [4.69, 9.17) is 9.40 Å². The number of carbonyl (C=O) groups is 1. The summed E-state index contributed by atoms with van der Waals surface area (Å²) >= 11 is 1.61. The van der Waals surface area contributed by atoms with Crippen molar-refractivity contribution in [3.05, 3.63) is 90.4 Å². The van der Waals surface area contributed by atoms with Crippen molar-refractivity contribution in [2.24, 2.45) is 5.92 Å². The largest absolute Gasteiger partial charge is 0.451 e. The topological polar surface area (TPSA) is 68.0 Å². The average molecular weight is 452 g/mol. The van der Waals surface area contributed by atoms with Gasteiger partial charge in [-0.1, -0.05) is 49.4 Å². The predicted octanol–water partition coefficient (Wildman–Crippen LogP) is 6.99. The Kier molecular flexibility index (Phi) is 4.80. The van der Waals surface area contributed by atoms with Gasteiger partial charge in [-0.2, -0.15) is 0 Å². The number of benzene rings is 2. The fourth-order valence-corrected chi connectivity index (χ4v) is 4.96. The van der Waals surface area contributed by atoms with Gasteiger partial charge in [-0.3, -0.25) is 9.78 Å². The summed E-state index contributed by atoms with van der Waals surface area (Å²) in [6.45, 7) is 2.26. The molecule has 1 aliphatic carbocycles. The van der Waals surface area contributed by atoms with Crippen LogP contribution in [-0.4, -0.2) is 15.9 Å². The zero-order valence-corrected chi connectivity index (χ0v) is 18.8. The smallest absolute Gasteiger partial charge is 0.291 e. The zero-order chi connectivity index (χ0) is 22.4. The summed E-state index contributed by atoms with van der Waals surface area (Å²) in [7, 11) is 0. The lowest BCUT2D eigenvalue weighted by atomic mass is 10.2. The molecule has 3 aromatic heterocycles. The van der Waals surface area contributed by atoms with Crippen molar-refractivity contribution in [2.45, 2.75) is 19.3 Å². The summed E-state index contributed by atoms with van der Waals surface area (Å²) in [5.74, 6) is 1.93. The summed E-state index contributed by atoms with van der Waals surface area (Å²) < 4.78 is 6.84. The summed E-state index contributed by atoms with van der Waals surface area (Å²) in [5, 5.41) is 3.85. The third-order valence-electron chi connectivity index (χ3n) is 6.04. The van der Waals surface area contributed by atoms with Gasteiger partial charge in [0.2, 0.25) is 0 Å². The number of amides is 1. The van der Waals surface area contributed by atoms with Gasteiger partial charge in [0.15, 0.2) is 5.76 Å². The van der Waals surface area contributed by atoms with Crippen LogP contribution in [0.2, 0.25) is 0 Å². The van der Waals surface area contributed by atoms with E-state index >= 15 is 0 Å². The molecule has 0 bridgehead atoms. The normalized spacial score (nSPS) is 17.2. The van der Waals surface area contributed by atoms with E-state index in [1.54, 1.807) is 17.4 Å². The van der Waals surface area contributed by atoms with Crippen LogP contribution in [0.5, 0.6) is 0 Å². The molecule has 33 heavy (non-hydrogen) atoms. The number of hydrogen-bond donors (Lipinski definition) is 1. The fraction of sp³-hybridized carbons (Fsp3) is 0.148. The van der Waals surface area contributed by atoms with Crippen molar-refractivity contribution in [1.29, 1.82) is 0 Å². The van der Waals surface area contributed by atoms with E-state index in [1.165, 1.54) is 6.42 Å². The number of anilines is 1. The SMILES string of the molecule is CC1C[C@@H]1c1cc2nc(-c3cccc(NC(=O)c4ccc(-c5ccccc5)o4)c3)sc2cn1. The lowest BCUT2D eigenvalue weighted by molar-refractivity contribution is 0.0997. The molecule has 162 valence electrons. The van der Waals surface area contributed by atoms with Crippen LogP contribution in [0.1, 0.15) is 35.5 Å². The Hall–Kier alpha value is -3.77. The number of thiazole rings is 1. The van der Waals surface area contributed by atoms with Gasteiger partial charge in [-0.05, 0) is 42.7 Å². The first-order chi connectivity index (χ1) is 16.1. The zero-order valence-electron chi connectivity index (χ0n) is 18.0. The maximum Gasteiger partial charge on any atom is 0.291 e. The molecule has 2 aromatic carbocycles. The van der Waals surface area contributed by atoms with Gasteiger partial charge < -0.3 is 9.73 Å². The minimum absolute atomic E-state index is 0.271. The molecule has 1 amide bonds. The molecular weight excluding hydrogens is 430 g/mol. The number of pyridine rings is 1. The Labute approximate surface area is 195 Å². The number of rotatable bonds is 5. The highest BCUT2D eigenvalue weighted by molar-refractivity contribution is 7.21. The van der Waals surface area contributed by atoms with Crippen molar-refractivity contribution in [2.75, 3.05) is 5.32 Å². The first-order valence-electron chi connectivity index (χ1n) is 11.0. The molecule has 3 heterocycles. The van der Waals surface area contributed by atoms with Gasteiger partial charge >= 0.3 is 0 Å². The van der Waals surface area contributed by atoms with Crippen molar-refractivity contribution >= 4 is 33.1 Å². The van der Waals surface area contributed by atoms with E-state index in [2.05, 4.69) is 23.3 Å². The van der Waals surface area contributed by atoms with E-state index < -0.39 is 0 Å². The monoisotopic (exact) mass is 451 g/mol. The number of hydrogen-bond acceptors (Lipinski definition) is 5. The molecule has 0 spiro atoms. The Balaban J connectivity index is 1.22. The van der Waals surface area contributed by atoms with Gasteiger partial charge in [0.05, 0.1) is 10.2 Å². The molecule has 0 radical (unpaired) electrons. The second kappa shape index (κ2) is 7.98. The molecule has 0 aliphatic heterocycles. The lowest BCUT2D eigenvalue weighted by Gasteiger charge is -2.05. The van der Waals surface area contributed by atoms with Crippen LogP contribution in [0, 0.1) is 5.92 Å². The third-order valence-corrected chi connectivity index (χ3v) is 7.10. The number of nitrogens with one attached hydrogen (secondary N) is 1. The fourth-order valence-electron chi connectivity index (χ4n) is 4.05. The van der Waals surface area contributed by atoms with Gasteiger partial charge in [-0.15, -0.1) is 11.3 Å². The molecule has 1 saturated carbocycles. The molecule has 1 N–H and O–H groups in total. The van der Waals surface area contributed by atoms with Crippen molar-refractivity contribution in [3.63, 3.8) is 0 Å². The first-order valence-corrected chi connectivity index (χ1v) is 11.8. The second-order valence-corrected chi connectivity index (χ2v) is 9.51. The molecule has 5 aromatic rings. The number of carbonyl (C=O) groups excluding carboxylic acids is 1. The Bertz CT molecular complexity index is 1470. The van der Waals surface area contributed by atoms with Gasteiger partial charge in [0.1, 0.15) is 10.8 Å². The van der Waals surface area contributed by atoms with Gasteiger partial charge in [0.25, 0.3) is 5.91 Å². The van der Waals surface area contributed by atoms with Crippen LogP contribution in [0.4, 0.5) is 5.69 Å². The molecule has 1 unspecified atom stereocenters. The highest BCUT2D eigenvalue weighted by Crippen LogP contribution is 2.46. The standard InChI is InChI=1S/C27H21N3O2S/c1-16-12-20(16)21-14-22-25(15-28-21)33-27(30-22)18-8-5-9-19(13-18)29-26(31)24-11-10-23(32-24)17-6-3-2-4-7-17/h2-11,13-16,20H,12H2,1H3,(H,29,31)/t16?,20-/m0/s1. The number of aromatic nitrogens is 2. The van der Waals surface area contributed by atoms with E-state index in [-0.39, 0.29) is 11.7 Å². The van der Waals surface area contributed by atoms with Gasteiger partial charge in [-0.25, -0.2) is 4.98 Å². The summed E-state index contributed by atoms with van der Waals surface area (Å²) in [4.78, 5) is 22.2. The molecular formula is C27H21N3O2S. The third kappa shape index (κ3) is 3.94. The van der Waals surface area contributed by atoms with E-state index in [0.29, 0.717) is 23.3 Å². The minimum Gasteiger partial charge on any atom is -0.451 e. The summed E-state index contributed by atoms with van der Waals surface area (Å²) in [5.41, 5.74) is 4.71. The Morgan fingerprint density at radius 2 is 1.85 bits per heavy atom. The van der Waals surface area contributed by atoms with Crippen molar-refractivity contribution in [1.82, 2.24) is 9.97 Å². The van der Waals surface area contributed by atoms with Crippen molar-refractivity contribution in [3.8, 4) is 21.9 Å². The Morgan fingerprint density at radius 1 is 1.03 bits per heavy atom. The summed E-state index contributed by atoms with van der Waals surface area (Å²) in [6, 6.07) is 23.1. The molecule has 1 aliphatic rings. The maximum atomic E-state index is 12.8. The lowest BCUT2D eigenvalue weighted by Crippen LogP contribution is -2.10. The molecule has 5 nitrogen and oxygen atoms in total. The minimum atomic E-state index is -0.286. The highest BCUT2D eigenvalue weighted by atomic mass is 32.1. The van der Waals surface area contributed by atoms with E-state index in [1.807, 2.05) is 66.9 Å². The highest BCUT2D eigenvalue weighted by Gasteiger charge is 2.35. The van der Waals surface area contributed by atoms with Crippen LogP contribution < -0.4 is 5.32 Å². The first kappa shape index (κ1) is 19.9. The molecule has 0 saturated heterocycles. The molecule has 6 rings (SSSR count). The van der Waals surface area contributed by atoms with Crippen LogP contribution in [0.3, 0.4) is 0 Å². The maximum absolute atomic E-state index is 12.8. The van der Waals surface area contributed by atoms with E-state index in [9.17, 15) is 4.79 Å². The van der Waals surface area contributed by atoms with E-state index in [0.717, 1.165) is 32.0 Å². The predicted molar refractivity (Wildman–Crippen MR) is 131 cm³/mol.